The van der Waals surface area contributed by atoms with Crippen LogP contribution in [0.2, 0.25) is 0 Å². The van der Waals surface area contributed by atoms with Gasteiger partial charge >= 0.3 is 6.18 Å². The smallest absolute Gasteiger partial charge is 0.416 e. The monoisotopic (exact) mass is 405 g/mol. The van der Waals surface area contributed by atoms with Crippen molar-refractivity contribution >= 4 is 5.91 Å². The lowest BCUT2D eigenvalue weighted by molar-refractivity contribution is -0.137. The number of nitrogens with zero attached hydrogens (tertiary/aromatic N) is 2. The highest BCUT2D eigenvalue weighted by atomic mass is 19.4. The number of benzene rings is 1. The molecule has 0 radical (unpaired) electrons. The van der Waals surface area contributed by atoms with Gasteiger partial charge in [0, 0.05) is 24.3 Å². The second-order valence-electron chi connectivity index (χ2n) is 7.17. The average Bonchev–Trinajstić information content (AvgIpc) is 3.26. The first kappa shape index (κ1) is 20.7. The molecule has 1 amide bonds. The molecule has 3 rings (SSSR count). The molecule has 3 aromatic rings. The Morgan fingerprint density at radius 1 is 1.21 bits per heavy atom. The van der Waals surface area contributed by atoms with Crippen LogP contribution in [0.1, 0.15) is 34.4 Å². The lowest BCUT2D eigenvalue weighted by Gasteiger charge is -2.13. The maximum absolute atomic E-state index is 12.9. The molecule has 2 heterocycles. The fourth-order valence-corrected chi connectivity index (χ4v) is 3.04. The van der Waals surface area contributed by atoms with E-state index in [0.29, 0.717) is 13.1 Å². The molecule has 0 fully saturated rings. The maximum Gasteiger partial charge on any atom is 0.416 e. The minimum atomic E-state index is -4.44. The van der Waals surface area contributed by atoms with Gasteiger partial charge in [-0.25, -0.2) is 0 Å². The van der Waals surface area contributed by atoms with Crippen molar-refractivity contribution in [2.24, 2.45) is 5.92 Å². The first-order valence-corrected chi connectivity index (χ1v) is 9.20. The van der Waals surface area contributed by atoms with Gasteiger partial charge in [-0.05, 0) is 50.1 Å². The van der Waals surface area contributed by atoms with Gasteiger partial charge < -0.3 is 9.73 Å². The van der Waals surface area contributed by atoms with Crippen LogP contribution in [0, 0.1) is 19.8 Å². The van der Waals surface area contributed by atoms with E-state index in [1.54, 1.807) is 0 Å². The molecule has 8 heteroatoms. The van der Waals surface area contributed by atoms with Crippen molar-refractivity contribution in [3.8, 4) is 11.3 Å². The highest BCUT2D eigenvalue weighted by molar-refractivity contribution is 5.92. The molecule has 1 unspecified atom stereocenters. The van der Waals surface area contributed by atoms with E-state index in [0.717, 1.165) is 23.5 Å². The molecule has 5 nitrogen and oxygen atoms in total. The van der Waals surface area contributed by atoms with E-state index in [2.05, 4.69) is 10.4 Å². The molecule has 2 aromatic heterocycles. The van der Waals surface area contributed by atoms with Gasteiger partial charge in [0.15, 0.2) is 5.76 Å². The third-order valence-electron chi connectivity index (χ3n) is 4.50. The highest BCUT2D eigenvalue weighted by Gasteiger charge is 2.30. The molecule has 0 saturated carbocycles. The summed E-state index contributed by atoms with van der Waals surface area (Å²) < 4.78 is 46.0. The average molecular weight is 405 g/mol. The fraction of sp³-hybridized carbons (Fsp3) is 0.333. The number of aromatic nitrogens is 2. The van der Waals surface area contributed by atoms with Crippen LogP contribution in [0.15, 0.2) is 46.9 Å². The van der Waals surface area contributed by atoms with E-state index in [1.807, 2.05) is 31.5 Å². The minimum absolute atomic E-state index is 0.0516. The largest absolute Gasteiger partial charge is 0.451 e. The molecule has 0 saturated heterocycles. The number of furan rings is 1. The Hall–Kier alpha value is -3.03. The van der Waals surface area contributed by atoms with Crippen molar-refractivity contribution in [3.63, 3.8) is 0 Å². The number of aryl methyl sites for hydroxylation is 2. The summed E-state index contributed by atoms with van der Waals surface area (Å²) in [6.45, 7) is 6.97. The second-order valence-corrected chi connectivity index (χ2v) is 7.17. The van der Waals surface area contributed by atoms with Gasteiger partial charge in [0.1, 0.15) is 5.76 Å². The predicted molar refractivity (Wildman–Crippen MR) is 102 cm³/mol. The predicted octanol–water partition coefficient (Wildman–Crippen LogP) is 4.84. The van der Waals surface area contributed by atoms with Crippen molar-refractivity contribution in [2.45, 2.75) is 33.5 Å². The summed E-state index contributed by atoms with van der Waals surface area (Å²) in [7, 11) is 0. The fourth-order valence-electron chi connectivity index (χ4n) is 3.04. The van der Waals surface area contributed by atoms with Gasteiger partial charge in [-0.2, -0.15) is 18.3 Å². The van der Waals surface area contributed by atoms with E-state index in [9.17, 15) is 18.0 Å². The molecule has 29 heavy (non-hydrogen) atoms. The number of halogens is 3. The zero-order valence-electron chi connectivity index (χ0n) is 16.4. The molecule has 0 spiro atoms. The molecule has 154 valence electrons. The van der Waals surface area contributed by atoms with Crippen molar-refractivity contribution in [3.05, 3.63) is 65.2 Å². The van der Waals surface area contributed by atoms with Crippen LogP contribution in [0.5, 0.6) is 0 Å². The Morgan fingerprint density at radius 3 is 2.62 bits per heavy atom. The number of rotatable bonds is 6. The van der Waals surface area contributed by atoms with Gasteiger partial charge in [-0.3, -0.25) is 9.48 Å². The van der Waals surface area contributed by atoms with Crippen LogP contribution >= 0.6 is 0 Å². The zero-order valence-corrected chi connectivity index (χ0v) is 16.4. The van der Waals surface area contributed by atoms with Crippen molar-refractivity contribution < 1.29 is 22.4 Å². The standard InChI is InChI=1S/C21H22F3N3O2/c1-13(12-27-15(3)9-14(2)26-27)11-25-20(28)19-8-7-18(29-19)16-5-4-6-17(10-16)21(22,23)24/h4-10,13H,11-12H2,1-3H3,(H,25,28). The topological polar surface area (TPSA) is 60.1 Å². The molecule has 1 N–H and O–H groups in total. The Balaban J connectivity index is 1.61. The number of hydrogen-bond donors (Lipinski definition) is 1. The van der Waals surface area contributed by atoms with Crippen LogP contribution in [0.25, 0.3) is 11.3 Å². The number of carbonyl (C=O) groups excluding carboxylic acids is 1. The summed E-state index contributed by atoms with van der Waals surface area (Å²) in [5, 5.41) is 7.19. The molecule has 1 aromatic carbocycles. The Kier molecular flexibility index (Phi) is 5.81. The van der Waals surface area contributed by atoms with E-state index >= 15 is 0 Å². The van der Waals surface area contributed by atoms with E-state index in [1.165, 1.54) is 24.3 Å². The van der Waals surface area contributed by atoms with Gasteiger partial charge in [0.05, 0.1) is 11.3 Å². The summed E-state index contributed by atoms with van der Waals surface area (Å²) in [5.41, 5.74) is 1.49. The number of hydrogen-bond acceptors (Lipinski definition) is 3. The summed E-state index contributed by atoms with van der Waals surface area (Å²) in [5.74, 6) is -0.0223. The SMILES string of the molecule is Cc1cc(C)n(CC(C)CNC(=O)c2ccc(-c3cccc(C(F)(F)F)c3)o2)n1. The molecule has 1 atom stereocenters. The molecule has 0 bridgehead atoms. The molecule has 0 aliphatic rings. The molecule has 0 aliphatic carbocycles. The molecule has 0 aliphatic heterocycles. The normalized spacial score (nSPS) is 12.8. The zero-order chi connectivity index (χ0) is 21.2. The van der Waals surface area contributed by atoms with Crippen LogP contribution in [-0.4, -0.2) is 22.2 Å². The quantitative estimate of drug-likeness (QED) is 0.638. The summed E-state index contributed by atoms with van der Waals surface area (Å²) in [6.07, 6.45) is -4.44. The van der Waals surface area contributed by atoms with Gasteiger partial charge in [-0.1, -0.05) is 19.1 Å². The number of nitrogens with one attached hydrogen (secondary N) is 1. The highest BCUT2D eigenvalue weighted by Crippen LogP contribution is 2.32. The van der Waals surface area contributed by atoms with E-state index < -0.39 is 17.6 Å². The first-order valence-electron chi connectivity index (χ1n) is 9.20. The van der Waals surface area contributed by atoms with Crippen molar-refractivity contribution in [2.75, 3.05) is 6.54 Å². The Bertz CT molecular complexity index is 1000. The first-order chi connectivity index (χ1) is 13.6. The lowest BCUT2D eigenvalue weighted by atomic mass is 10.1. The second kappa shape index (κ2) is 8.14. The third-order valence-corrected chi connectivity index (χ3v) is 4.50. The summed E-state index contributed by atoms with van der Waals surface area (Å²) >= 11 is 0. The maximum atomic E-state index is 12.9. The minimum Gasteiger partial charge on any atom is -0.451 e. The van der Waals surface area contributed by atoms with E-state index in [4.69, 9.17) is 4.42 Å². The van der Waals surface area contributed by atoms with Crippen LogP contribution in [0.3, 0.4) is 0 Å². The van der Waals surface area contributed by atoms with E-state index in [-0.39, 0.29) is 23.0 Å². The Morgan fingerprint density at radius 2 is 1.97 bits per heavy atom. The van der Waals surface area contributed by atoms with Crippen molar-refractivity contribution in [1.29, 1.82) is 0 Å². The number of amides is 1. The molecular weight excluding hydrogens is 383 g/mol. The van der Waals surface area contributed by atoms with Gasteiger partial charge in [0.25, 0.3) is 5.91 Å². The lowest BCUT2D eigenvalue weighted by Crippen LogP contribution is -2.30. The van der Waals surface area contributed by atoms with Crippen LogP contribution in [0.4, 0.5) is 13.2 Å². The number of carbonyl (C=O) groups is 1. The third kappa shape index (κ3) is 5.07. The summed E-state index contributed by atoms with van der Waals surface area (Å²) in [4.78, 5) is 12.3. The van der Waals surface area contributed by atoms with Crippen LogP contribution < -0.4 is 5.32 Å². The molecular formula is C21H22F3N3O2. The number of alkyl halides is 3. The van der Waals surface area contributed by atoms with Gasteiger partial charge in [0.2, 0.25) is 0 Å². The summed E-state index contributed by atoms with van der Waals surface area (Å²) in [6, 6.07) is 9.73. The Labute approximate surface area is 166 Å². The van der Waals surface area contributed by atoms with Gasteiger partial charge in [-0.15, -0.1) is 0 Å². The van der Waals surface area contributed by atoms with Crippen LogP contribution in [-0.2, 0) is 12.7 Å². The van der Waals surface area contributed by atoms with Crippen molar-refractivity contribution in [1.82, 2.24) is 15.1 Å².